The molecule has 92 valence electrons. The summed E-state index contributed by atoms with van der Waals surface area (Å²) in [6.07, 6.45) is 3.03. The molecule has 1 aromatic heterocycles. The normalized spacial score (nSPS) is 10.3. The van der Waals surface area contributed by atoms with Gasteiger partial charge >= 0.3 is 0 Å². The number of halogens is 3. The summed E-state index contributed by atoms with van der Waals surface area (Å²) in [6, 6.07) is 3.96. The van der Waals surface area contributed by atoms with E-state index in [9.17, 15) is 13.2 Å². The van der Waals surface area contributed by atoms with Crippen LogP contribution >= 0.6 is 0 Å². The zero-order chi connectivity index (χ0) is 13.1. The molecule has 1 aromatic carbocycles. The van der Waals surface area contributed by atoms with E-state index in [1.54, 1.807) is 6.20 Å². The lowest BCUT2D eigenvalue weighted by molar-refractivity contribution is 0.441. The van der Waals surface area contributed by atoms with E-state index < -0.39 is 17.5 Å². The summed E-state index contributed by atoms with van der Waals surface area (Å²) < 4.78 is 40.8. The first-order valence-corrected chi connectivity index (χ1v) is 5.13. The van der Waals surface area contributed by atoms with Crippen molar-refractivity contribution < 1.29 is 13.2 Å². The van der Waals surface area contributed by atoms with Crippen LogP contribution in [-0.4, -0.2) is 9.55 Å². The Labute approximate surface area is 101 Å². The second kappa shape index (κ2) is 4.92. The van der Waals surface area contributed by atoms with Crippen molar-refractivity contribution in [3.8, 4) is 6.07 Å². The number of benzene rings is 1. The van der Waals surface area contributed by atoms with Crippen LogP contribution in [0.1, 0.15) is 11.4 Å². The van der Waals surface area contributed by atoms with Crippen molar-refractivity contribution >= 4 is 0 Å². The maximum Gasteiger partial charge on any atom is 0.194 e. The SMILES string of the molecule is N#CCn1ccnc1Cc1ccc(F)c(F)c1F. The predicted molar refractivity (Wildman–Crippen MR) is 57.0 cm³/mol. The molecular weight excluding hydrogens is 243 g/mol. The summed E-state index contributed by atoms with van der Waals surface area (Å²) in [5, 5.41) is 8.58. The summed E-state index contributed by atoms with van der Waals surface area (Å²) in [7, 11) is 0. The topological polar surface area (TPSA) is 41.6 Å². The summed E-state index contributed by atoms with van der Waals surface area (Å²) in [6.45, 7) is 0.0701. The summed E-state index contributed by atoms with van der Waals surface area (Å²) in [5.41, 5.74) is -0.000658. The maximum atomic E-state index is 13.5. The minimum absolute atomic E-state index is 0.000658. The first-order valence-electron chi connectivity index (χ1n) is 5.13. The Balaban J connectivity index is 2.32. The zero-order valence-corrected chi connectivity index (χ0v) is 9.20. The van der Waals surface area contributed by atoms with Crippen LogP contribution in [0.2, 0.25) is 0 Å². The van der Waals surface area contributed by atoms with Crippen molar-refractivity contribution in [1.82, 2.24) is 9.55 Å². The monoisotopic (exact) mass is 251 g/mol. The van der Waals surface area contributed by atoms with Gasteiger partial charge in [-0.2, -0.15) is 5.26 Å². The minimum Gasteiger partial charge on any atom is -0.321 e. The Kier molecular flexibility index (Phi) is 3.33. The molecule has 0 radical (unpaired) electrons. The molecule has 0 atom stereocenters. The number of aromatic nitrogens is 2. The molecule has 1 heterocycles. The Bertz CT molecular complexity index is 614. The van der Waals surface area contributed by atoms with E-state index in [0.29, 0.717) is 5.82 Å². The summed E-state index contributed by atoms with van der Waals surface area (Å²) >= 11 is 0. The van der Waals surface area contributed by atoms with Gasteiger partial charge in [-0.15, -0.1) is 0 Å². The van der Waals surface area contributed by atoms with Crippen molar-refractivity contribution in [2.24, 2.45) is 0 Å². The van der Waals surface area contributed by atoms with E-state index in [1.807, 2.05) is 6.07 Å². The van der Waals surface area contributed by atoms with Crippen LogP contribution in [0.25, 0.3) is 0 Å². The van der Waals surface area contributed by atoms with Crippen LogP contribution in [0, 0.1) is 28.8 Å². The minimum atomic E-state index is -1.49. The van der Waals surface area contributed by atoms with Gasteiger partial charge < -0.3 is 4.57 Å². The second-order valence-corrected chi connectivity index (χ2v) is 3.64. The molecule has 0 aliphatic carbocycles. The average Bonchev–Trinajstić information content (AvgIpc) is 2.78. The van der Waals surface area contributed by atoms with Crippen LogP contribution < -0.4 is 0 Å². The third-order valence-corrected chi connectivity index (χ3v) is 2.51. The van der Waals surface area contributed by atoms with Crippen LogP contribution in [-0.2, 0) is 13.0 Å². The highest BCUT2D eigenvalue weighted by Gasteiger charge is 2.15. The molecule has 6 heteroatoms. The maximum absolute atomic E-state index is 13.5. The van der Waals surface area contributed by atoms with Gasteiger partial charge in [-0.05, 0) is 11.6 Å². The molecule has 0 amide bonds. The van der Waals surface area contributed by atoms with Gasteiger partial charge in [-0.1, -0.05) is 6.07 Å². The number of imidazole rings is 1. The standard InChI is InChI=1S/C12H8F3N3/c13-9-2-1-8(11(14)12(9)15)7-10-17-4-6-18(10)5-3-16/h1-2,4,6H,5,7H2. The van der Waals surface area contributed by atoms with E-state index in [4.69, 9.17) is 5.26 Å². The van der Waals surface area contributed by atoms with Crippen LogP contribution in [0.5, 0.6) is 0 Å². The molecule has 0 saturated carbocycles. The highest BCUT2D eigenvalue weighted by atomic mass is 19.2. The molecule has 0 fully saturated rings. The molecule has 0 N–H and O–H groups in total. The summed E-state index contributed by atoms with van der Waals surface area (Å²) in [4.78, 5) is 3.95. The van der Waals surface area contributed by atoms with Gasteiger partial charge in [-0.25, -0.2) is 18.2 Å². The molecule has 0 spiro atoms. The van der Waals surface area contributed by atoms with Crippen molar-refractivity contribution in [2.45, 2.75) is 13.0 Å². The number of rotatable bonds is 3. The van der Waals surface area contributed by atoms with Crippen molar-refractivity contribution in [2.75, 3.05) is 0 Å². The van der Waals surface area contributed by atoms with Crippen molar-refractivity contribution in [3.05, 3.63) is 53.4 Å². The zero-order valence-electron chi connectivity index (χ0n) is 9.20. The molecule has 2 aromatic rings. The highest BCUT2D eigenvalue weighted by molar-refractivity contribution is 5.23. The van der Waals surface area contributed by atoms with E-state index in [1.165, 1.54) is 16.8 Å². The molecule has 0 unspecified atom stereocenters. The van der Waals surface area contributed by atoms with Crippen molar-refractivity contribution in [3.63, 3.8) is 0 Å². The van der Waals surface area contributed by atoms with E-state index in [-0.39, 0.29) is 18.5 Å². The number of nitrogens with zero attached hydrogens (tertiary/aromatic N) is 3. The van der Waals surface area contributed by atoms with Crippen LogP contribution in [0.4, 0.5) is 13.2 Å². The largest absolute Gasteiger partial charge is 0.321 e. The van der Waals surface area contributed by atoms with E-state index in [0.717, 1.165) is 6.07 Å². The Morgan fingerprint density at radius 2 is 2.00 bits per heavy atom. The fourth-order valence-electron chi connectivity index (χ4n) is 1.60. The van der Waals surface area contributed by atoms with Gasteiger partial charge in [0.25, 0.3) is 0 Å². The van der Waals surface area contributed by atoms with Crippen LogP contribution in [0.3, 0.4) is 0 Å². The molecule has 0 aliphatic heterocycles. The third-order valence-electron chi connectivity index (χ3n) is 2.51. The molecular formula is C12H8F3N3. The summed E-state index contributed by atoms with van der Waals surface area (Å²) in [5.74, 6) is -3.52. The van der Waals surface area contributed by atoms with Crippen LogP contribution in [0.15, 0.2) is 24.5 Å². The lowest BCUT2D eigenvalue weighted by atomic mass is 10.1. The van der Waals surface area contributed by atoms with E-state index >= 15 is 0 Å². The highest BCUT2D eigenvalue weighted by Crippen LogP contribution is 2.17. The number of hydrogen-bond donors (Lipinski definition) is 0. The molecule has 2 rings (SSSR count). The van der Waals surface area contributed by atoms with Gasteiger partial charge in [0.1, 0.15) is 12.4 Å². The Hall–Kier alpha value is -2.29. The smallest absolute Gasteiger partial charge is 0.194 e. The molecule has 0 bridgehead atoms. The second-order valence-electron chi connectivity index (χ2n) is 3.64. The Morgan fingerprint density at radius 3 is 2.72 bits per heavy atom. The number of hydrogen-bond acceptors (Lipinski definition) is 2. The number of nitriles is 1. The quantitative estimate of drug-likeness (QED) is 0.786. The molecule has 18 heavy (non-hydrogen) atoms. The lowest BCUT2D eigenvalue weighted by Gasteiger charge is -2.06. The van der Waals surface area contributed by atoms with Crippen molar-refractivity contribution in [1.29, 1.82) is 5.26 Å². The predicted octanol–water partition coefficient (Wildman–Crippen LogP) is 2.41. The van der Waals surface area contributed by atoms with E-state index in [2.05, 4.69) is 4.98 Å². The molecule has 3 nitrogen and oxygen atoms in total. The van der Waals surface area contributed by atoms with Gasteiger partial charge in [-0.3, -0.25) is 0 Å². The third kappa shape index (κ3) is 2.20. The molecule has 0 saturated heterocycles. The lowest BCUT2D eigenvalue weighted by Crippen LogP contribution is -2.05. The van der Waals surface area contributed by atoms with Gasteiger partial charge in [0.2, 0.25) is 0 Å². The Morgan fingerprint density at radius 1 is 1.22 bits per heavy atom. The van der Waals surface area contributed by atoms with Gasteiger partial charge in [0, 0.05) is 18.8 Å². The fourth-order valence-corrected chi connectivity index (χ4v) is 1.60. The van der Waals surface area contributed by atoms with Gasteiger partial charge in [0.15, 0.2) is 17.5 Å². The fraction of sp³-hybridized carbons (Fsp3) is 0.167. The molecule has 0 aliphatic rings. The average molecular weight is 251 g/mol. The first kappa shape index (κ1) is 12.2. The van der Waals surface area contributed by atoms with Gasteiger partial charge in [0.05, 0.1) is 6.07 Å². The first-order chi connectivity index (χ1) is 8.63.